The monoisotopic (exact) mass is 242 g/mol. The molecule has 4 heteroatoms. The van der Waals surface area contributed by atoms with Crippen molar-refractivity contribution in [1.82, 2.24) is 0 Å². The summed E-state index contributed by atoms with van der Waals surface area (Å²) in [5.41, 5.74) is 0.802. The van der Waals surface area contributed by atoms with E-state index in [0.29, 0.717) is 33.9 Å². The number of carbonyl (C=O) groups is 2. The molecule has 13 heavy (non-hydrogen) atoms. The van der Waals surface area contributed by atoms with Gasteiger partial charge < -0.3 is 4.74 Å². The minimum absolute atomic E-state index is 0.368. The maximum absolute atomic E-state index is 10.6. The molecule has 0 saturated heterocycles. The van der Waals surface area contributed by atoms with Crippen LogP contribution in [0.4, 0.5) is 0 Å². The lowest BCUT2D eigenvalue weighted by atomic mass is 10.1. The standard InChI is InChI=1S/C9H7BrO3/c1-13-9-3-8(10)6(4-11)2-7(9)5-12/h2-5H,1H3. The molecule has 0 amide bonds. The van der Waals surface area contributed by atoms with Crippen LogP contribution in [0.15, 0.2) is 16.6 Å². The molecule has 68 valence electrons. The lowest BCUT2D eigenvalue weighted by Gasteiger charge is -2.05. The van der Waals surface area contributed by atoms with Crippen molar-refractivity contribution in [3.63, 3.8) is 0 Å². The average molecular weight is 243 g/mol. The Kier molecular flexibility index (Phi) is 3.19. The molecule has 0 N–H and O–H groups in total. The second-order valence-electron chi connectivity index (χ2n) is 2.35. The summed E-state index contributed by atoms with van der Waals surface area (Å²) in [6.45, 7) is 0. The molecule has 0 saturated carbocycles. The van der Waals surface area contributed by atoms with Gasteiger partial charge in [0.05, 0.1) is 12.7 Å². The molecule has 0 heterocycles. The summed E-state index contributed by atoms with van der Waals surface area (Å²) in [5, 5.41) is 0. The summed E-state index contributed by atoms with van der Waals surface area (Å²) >= 11 is 3.18. The van der Waals surface area contributed by atoms with Crippen LogP contribution < -0.4 is 4.74 Å². The molecule has 1 aromatic carbocycles. The second-order valence-corrected chi connectivity index (χ2v) is 3.21. The highest BCUT2D eigenvalue weighted by Crippen LogP contribution is 2.25. The molecule has 0 aromatic heterocycles. The van der Waals surface area contributed by atoms with Gasteiger partial charge in [0.2, 0.25) is 0 Å². The summed E-state index contributed by atoms with van der Waals surface area (Å²) in [4.78, 5) is 21.1. The molecule has 0 atom stereocenters. The summed E-state index contributed by atoms with van der Waals surface area (Å²) in [6, 6.07) is 3.07. The maximum atomic E-state index is 10.6. The van der Waals surface area contributed by atoms with Gasteiger partial charge in [0.1, 0.15) is 5.75 Å². The largest absolute Gasteiger partial charge is 0.496 e. The second kappa shape index (κ2) is 4.18. The fourth-order valence-corrected chi connectivity index (χ4v) is 1.36. The number of halogens is 1. The van der Waals surface area contributed by atoms with E-state index in [1.165, 1.54) is 13.2 Å². The van der Waals surface area contributed by atoms with Crippen LogP contribution in [0.25, 0.3) is 0 Å². The highest BCUT2D eigenvalue weighted by atomic mass is 79.9. The molecule has 0 unspecified atom stereocenters. The highest BCUT2D eigenvalue weighted by molar-refractivity contribution is 9.10. The molecule has 0 fully saturated rings. The Hall–Kier alpha value is -1.16. The fraction of sp³-hybridized carbons (Fsp3) is 0.111. The van der Waals surface area contributed by atoms with Gasteiger partial charge in [-0.15, -0.1) is 0 Å². The van der Waals surface area contributed by atoms with Crippen molar-refractivity contribution in [2.45, 2.75) is 0 Å². The average Bonchev–Trinajstić information content (AvgIpc) is 2.17. The third-order valence-corrected chi connectivity index (χ3v) is 2.29. The first-order valence-corrected chi connectivity index (χ1v) is 4.30. The Labute approximate surface area is 83.8 Å². The lowest BCUT2D eigenvalue weighted by Crippen LogP contribution is -1.93. The van der Waals surface area contributed by atoms with Crippen molar-refractivity contribution in [3.05, 3.63) is 27.7 Å². The fourth-order valence-electron chi connectivity index (χ4n) is 0.949. The first-order valence-electron chi connectivity index (χ1n) is 3.50. The Balaban J connectivity index is 3.34. The van der Waals surface area contributed by atoms with E-state index < -0.39 is 0 Å². The summed E-state index contributed by atoms with van der Waals surface area (Å²) < 4.78 is 5.56. The van der Waals surface area contributed by atoms with E-state index in [0.717, 1.165) is 0 Å². The predicted molar refractivity (Wildman–Crippen MR) is 51.5 cm³/mol. The normalized spacial score (nSPS) is 9.38. The van der Waals surface area contributed by atoms with Crippen LogP contribution in [-0.2, 0) is 0 Å². The number of rotatable bonds is 3. The molecule has 0 spiro atoms. The van der Waals surface area contributed by atoms with Gasteiger partial charge in [-0.3, -0.25) is 9.59 Å². The lowest BCUT2D eigenvalue weighted by molar-refractivity contribution is 0.112. The molecule has 3 nitrogen and oxygen atoms in total. The molecule has 0 bridgehead atoms. The molecule has 0 aliphatic heterocycles. The molecule has 1 aromatic rings. The van der Waals surface area contributed by atoms with Gasteiger partial charge in [-0.1, -0.05) is 0 Å². The van der Waals surface area contributed by atoms with Crippen molar-refractivity contribution in [2.75, 3.05) is 7.11 Å². The zero-order chi connectivity index (χ0) is 9.84. The highest BCUT2D eigenvalue weighted by Gasteiger charge is 2.07. The number of hydrogen-bond acceptors (Lipinski definition) is 3. The van der Waals surface area contributed by atoms with Crippen molar-refractivity contribution in [1.29, 1.82) is 0 Å². The molecular formula is C9H7BrO3. The predicted octanol–water partition coefficient (Wildman–Crippen LogP) is 2.08. The van der Waals surface area contributed by atoms with Crippen LogP contribution in [0.3, 0.4) is 0 Å². The first kappa shape index (κ1) is 9.92. The van der Waals surface area contributed by atoms with Crippen LogP contribution in [-0.4, -0.2) is 19.7 Å². The van der Waals surface area contributed by atoms with Crippen molar-refractivity contribution in [2.24, 2.45) is 0 Å². The number of carbonyl (C=O) groups excluding carboxylic acids is 2. The minimum atomic E-state index is 0.368. The number of methoxy groups -OCH3 is 1. The van der Waals surface area contributed by atoms with E-state index in [-0.39, 0.29) is 0 Å². The van der Waals surface area contributed by atoms with Gasteiger partial charge in [-0.2, -0.15) is 0 Å². The van der Waals surface area contributed by atoms with Gasteiger partial charge in [0.15, 0.2) is 12.6 Å². The molecule has 0 aliphatic rings. The van der Waals surface area contributed by atoms with Gasteiger partial charge in [-0.05, 0) is 28.1 Å². The first-order chi connectivity index (χ1) is 6.22. The molecule has 0 radical (unpaired) electrons. The smallest absolute Gasteiger partial charge is 0.153 e. The van der Waals surface area contributed by atoms with Crippen LogP contribution in [0, 0.1) is 0 Å². The zero-order valence-corrected chi connectivity index (χ0v) is 8.50. The molecule has 1 rings (SSSR count). The van der Waals surface area contributed by atoms with Gasteiger partial charge >= 0.3 is 0 Å². The van der Waals surface area contributed by atoms with Gasteiger partial charge in [-0.25, -0.2) is 0 Å². The number of hydrogen-bond donors (Lipinski definition) is 0. The van der Waals surface area contributed by atoms with E-state index in [1.807, 2.05) is 0 Å². The SMILES string of the molecule is COc1cc(Br)c(C=O)cc1C=O. The topological polar surface area (TPSA) is 43.4 Å². The Morgan fingerprint density at radius 2 is 1.85 bits per heavy atom. The quantitative estimate of drug-likeness (QED) is 0.763. The van der Waals surface area contributed by atoms with E-state index >= 15 is 0 Å². The Morgan fingerprint density at radius 3 is 2.31 bits per heavy atom. The molecule has 0 aliphatic carbocycles. The van der Waals surface area contributed by atoms with Crippen LogP contribution in [0.2, 0.25) is 0 Å². The Bertz CT molecular complexity index is 347. The third-order valence-electron chi connectivity index (χ3n) is 1.60. The van der Waals surface area contributed by atoms with Crippen molar-refractivity contribution in [3.8, 4) is 5.75 Å². The van der Waals surface area contributed by atoms with E-state index in [1.54, 1.807) is 6.07 Å². The van der Waals surface area contributed by atoms with Crippen LogP contribution in [0.5, 0.6) is 5.75 Å². The number of benzene rings is 1. The number of aldehydes is 2. The van der Waals surface area contributed by atoms with E-state index in [4.69, 9.17) is 4.74 Å². The summed E-state index contributed by atoms with van der Waals surface area (Å²) in [7, 11) is 1.47. The number of ether oxygens (including phenoxy) is 1. The van der Waals surface area contributed by atoms with Crippen molar-refractivity contribution >= 4 is 28.5 Å². The Morgan fingerprint density at radius 1 is 1.23 bits per heavy atom. The van der Waals surface area contributed by atoms with Crippen molar-refractivity contribution < 1.29 is 14.3 Å². The van der Waals surface area contributed by atoms with E-state index in [2.05, 4.69) is 15.9 Å². The third kappa shape index (κ3) is 1.95. The maximum Gasteiger partial charge on any atom is 0.153 e. The van der Waals surface area contributed by atoms with Gasteiger partial charge in [0, 0.05) is 10.0 Å². The summed E-state index contributed by atoms with van der Waals surface area (Å²) in [5.74, 6) is 0.451. The van der Waals surface area contributed by atoms with Crippen LogP contribution in [0.1, 0.15) is 20.7 Å². The van der Waals surface area contributed by atoms with Crippen LogP contribution >= 0.6 is 15.9 Å². The molecular weight excluding hydrogens is 236 g/mol. The summed E-state index contributed by atoms with van der Waals surface area (Å²) in [6.07, 6.45) is 1.33. The van der Waals surface area contributed by atoms with Gasteiger partial charge in [0.25, 0.3) is 0 Å². The van der Waals surface area contributed by atoms with E-state index in [9.17, 15) is 9.59 Å². The minimum Gasteiger partial charge on any atom is -0.496 e. The zero-order valence-electron chi connectivity index (χ0n) is 6.91.